The molecule has 0 amide bonds. The number of likely N-dealkylation sites (N-methyl/N-ethyl adjacent to an activating group) is 1. The fraction of sp³-hybridized carbons (Fsp3) is 0.857. The predicted octanol–water partition coefficient (Wildman–Crippen LogP) is -0.504. The molecule has 0 saturated heterocycles. The average molecular weight is 161 g/mol. The maximum absolute atomic E-state index is 10.2. The number of carboxylic acid groups (broad SMARTS) is 1. The van der Waals surface area contributed by atoms with E-state index in [1.54, 1.807) is 0 Å². The zero-order valence-corrected chi connectivity index (χ0v) is 7.21. The first-order valence-electron chi connectivity index (χ1n) is 3.72. The summed E-state index contributed by atoms with van der Waals surface area (Å²) in [5.41, 5.74) is 5.36. The average Bonchev–Trinajstić information content (AvgIpc) is 1.84. The predicted molar refractivity (Wildman–Crippen MR) is 43.1 cm³/mol. The Morgan fingerprint density at radius 1 is 1.45 bits per heavy atom. The molecule has 0 bridgehead atoms. The minimum Gasteiger partial charge on any atom is -0.481 e. The van der Waals surface area contributed by atoms with Crippen molar-refractivity contribution >= 4 is 5.97 Å². The minimum absolute atomic E-state index is 0.215. The Balaban J connectivity index is 3.63. The van der Waals surface area contributed by atoms with Gasteiger partial charge in [0.25, 0.3) is 0 Å². The van der Waals surface area contributed by atoms with Crippen LogP contribution in [0.2, 0.25) is 0 Å². The lowest BCUT2D eigenvalue weighted by molar-refractivity contribution is -0.888. The molecule has 0 radical (unpaired) electrons. The van der Waals surface area contributed by atoms with E-state index < -0.39 is 5.97 Å². The van der Waals surface area contributed by atoms with Crippen LogP contribution in [0.3, 0.4) is 0 Å². The van der Waals surface area contributed by atoms with Crippen LogP contribution >= 0.6 is 0 Å². The second kappa shape index (κ2) is 4.31. The molecule has 4 heteroatoms. The molecule has 0 unspecified atom stereocenters. The zero-order valence-electron chi connectivity index (χ0n) is 7.21. The van der Waals surface area contributed by atoms with Gasteiger partial charge in [0.05, 0.1) is 33.6 Å². The lowest BCUT2D eigenvalue weighted by atomic mass is 10.3. The molecule has 0 aromatic heterocycles. The number of nitrogens with zero attached hydrogens (tertiary/aromatic N) is 1. The van der Waals surface area contributed by atoms with E-state index in [2.05, 4.69) is 0 Å². The molecule has 0 aliphatic heterocycles. The van der Waals surface area contributed by atoms with Gasteiger partial charge in [-0.25, -0.2) is 0 Å². The molecule has 0 saturated carbocycles. The number of carboxylic acids is 1. The van der Waals surface area contributed by atoms with Gasteiger partial charge in [-0.2, -0.15) is 0 Å². The molecule has 11 heavy (non-hydrogen) atoms. The summed E-state index contributed by atoms with van der Waals surface area (Å²) in [6.07, 6.45) is 0.215. The largest absolute Gasteiger partial charge is 0.481 e. The van der Waals surface area contributed by atoms with E-state index in [9.17, 15) is 4.79 Å². The van der Waals surface area contributed by atoms with Crippen molar-refractivity contribution in [2.24, 2.45) is 5.73 Å². The molecular weight excluding hydrogens is 144 g/mol. The topological polar surface area (TPSA) is 63.3 Å². The molecule has 0 aliphatic carbocycles. The highest BCUT2D eigenvalue weighted by Crippen LogP contribution is 1.97. The third-order valence-electron chi connectivity index (χ3n) is 1.67. The quantitative estimate of drug-likeness (QED) is 0.534. The lowest BCUT2D eigenvalue weighted by Crippen LogP contribution is -2.44. The summed E-state index contributed by atoms with van der Waals surface area (Å²) in [7, 11) is 3.96. The molecular formula is C7H17N2O2+. The molecule has 0 fully saturated rings. The van der Waals surface area contributed by atoms with Crippen molar-refractivity contribution in [3.63, 3.8) is 0 Å². The van der Waals surface area contributed by atoms with Gasteiger partial charge in [-0.3, -0.25) is 4.79 Å². The van der Waals surface area contributed by atoms with Gasteiger partial charge in [0, 0.05) is 6.54 Å². The molecule has 66 valence electrons. The molecule has 0 aromatic rings. The normalized spacial score (nSPS) is 11.5. The van der Waals surface area contributed by atoms with Crippen molar-refractivity contribution < 1.29 is 14.4 Å². The van der Waals surface area contributed by atoms with Crippen LogP contribution < -0.4 is 5.73 Å². The smallest absolute Gasteiger partial charge is 0.309 e. The van der Waals surface area contributed by atoms with Crippen LogP contribution in [0.25, 0.3) is 0 Å². The lowest BCUT2D eigenvalue weighted by Gasteiger charge is -2.28. The van der Waals surface area contributed by atoms with Crippen molar-refractivity contribution in [1.29, 1.82) is 0 Å². The van der Waals surface area contributed by atoms with Crippen LogP contribution in [0, 0.1) is 0 Å². The Bertz CT molecular complexity index is 134. The monoisotopic (exact) mass is 161 g/mol. The summed E-state index contributed by atoms with van der Waals surface area (Å²) in [5.74, 6) is -0.742. The van der Waals surface area contributed by atoms with Crippen LogP contribution in [0.15, 0.2) is 0 Å². The zero-order chi connectivity index (χ0) is 8.91. The van der Waals surface area contributed by atoms with Gasteiger partial charge >= 0.3 is 5.97 Å². The molecule has 0 heterocycles. The van der Waals surface area contributed by atoms with Gasteiger partial charge in [-0.15, -0.1) is 0 Å². The molecule has 0 aromatic carbocycles. The highest BCUT2D eigenvalue weighted by Gasteiger charge is 2.14. The summed E-state index contributed by atoms with van der Waals surface area (Å²) in [5, 5.41) is 8.40. The Morgan fingerprint density at radius 2 is 2.00 bits per heavy atom. The highest BCUT2D eigenvalue weighted by molar-refractivity contribution is 5.66. The van der Waals surface area contributed by atoms with Gasteiger partial charge in [0.2, 0.25) is 0 Å². The van der Waals surface area contributed by atoms with E-state index >= 15 is 0 Å². The Labute approximate surface area is 67.2 Å². The summed E-state index contributed by atoms with van der Waals surface area (Å²) in [4.78, 5) is 10.2. The number of aliphatic carboxylic acids is 1. The second-order valence-electron chi connectivity index (χ2n) is 3.32. The molecule has 0 spiro atoms. The van der Waals surface area contributed by atoms with E-state index in [0.29, 0.717) is 17.6 Å². The Morgan fingerprint density at radius 3 is 2.36 bits per heavy atom. The summed E-state index contributed by atoms with van der Waals surface area (Å²) >= 11 is 0. The first-order chi connectivity index (χ1) is 4.98. The Kier molecular flexibility index (Phi) is 4.07. The van der Waals surface area contributed by atoms with Gasteiger partial charge in [-0.1, -0.05) is 0 Å². The minimum atomic E-state index is -0.742. The van der Waals surface area contributed by atoms with E-state index in [-0.39, 0.29) is 6.42 Å². The molecule has 4 nitrogen and oxygen atoms in total. The van der Waals surface area contributed by atoms with Crippen molar-refractivity contribution in [3.8, 4) is 0 Å². The highest BCUT2D eigenvalue weighted by atomic mass is 16.4. The van der Waals surface area contributed by atoms with Crippen LogP contribution in [0.5, 0.6) is 0 Å². The van der Waals surface area contributed by atoms with Gasteiger partial charge in [0.15, 0.2) is 0 Å². The van der Waals surface area contributed by atoms with Gasteiger partial charge in [-0.05, 0) is 0 Å². The second-order valence-corrected chi connectivity index (χ2v) is 3.32. The molecule has 0 atom stereocenters. The van der Waals surface area contributed by atoms with Crippen molar-refractivity contribution in [3.05, 3.63) is 0 Å². The summed E-state index contributed by atoms with van der Waals surface area (Å²) in [6, 6.07) is 0. The van der Waals surface area contributed by atoms with E-state index in [4.69, 9.17) is 10.8 Å². The van der Waals surface area contributed by atoms with Crippen LogP contribution in [0.4, 0.5) is 0 Å². The summed E-state index contributed by atoms with van der Waals surface area (Å²) < 4.78 is 0.683. The Hall–Kier alpha value is -0.610. The number of carbonyl (C=O) groups is 1. The summed E-state index contributed by atoms with van der Waals surface area (Å²) in [6.45, 7) is 2.08. The number of hydrogen-bond acceptors (Lipinski definition) is 2. The molecule has 0 aliphatic rings. The first-order valence-corrected chi connectivity index (χ1v) is 3.72. The van der Waals surface area contributed by atoms with Crippen LogP contribution in [-0.2, 0) is 4.79 Å². The van der Waals surface area contributed by atoms with Crippen molar-refractivity contribution in [1.82, 2.24) is 0 Å². The SMILES string of the molecule is C[N+](C)(CCN)CCC(=O)O. The van der Waals surface area contributed by atoms with Crippen molar-refractivity contribution in [2.45, 2.75) is 6.42 Å². The maximum atomic E-state index is 10.2. The number of hydrogen-bond donors (Lipinski definition) is 2. The molecule has 3 N–H and O–H groups in total. The van der Waals surface area contributed by atoms with E-state index in [1.165, 1.54) is 0 Å². The fourth-order valence-electron chi connectivity index (χ4n) is 0.860. The number of quaternary nitrogens is 1. The van der Waals surface area contributed by atoms with Crippen LogP contribution in [0.1, 0.15) is 6.42 Å². The third kappa shape index (κ3) is 5.82. The fourth-order valence-corrected chi connectivity index (χ4v) is 0.860. The van der Waals surface area contributed by atoms with E-state index in [0.717, 1.165) is 6.54 Å². The van der Waals surface area contributed by atoms with Crippen molar-refractivity contribution in [2.75, 3.05) is 33.7 Å². The van der Waals surface area contributed by atoms with Crippen LogP contribution in [-0.4, -0.2) is 49.3 Å². The molecule has 0 rings (SSSR count). The number of nitrogens with two attached hydrogens (primary N) is 1. The third-order valence-corrected chi connectivity index (χ3v) is 1.67. The first kappa shape index (κ1) is 10.4. The standard InChI is InChI=1S/C7H16N2O2/c1-9(2,6-4-8)5-3-7(10)11/h3-6,8H2,1-2H3/p+1. The van der Waals surface area contributed by atoms with Gasteiger partial charge in [0.1, 0.15) is 0 Å². The maximum Gasteiger partial charge on any atom is 0.309 e. The van der Waals surface area contributed by atoms with E-state index in [1.807, 2.05) is 14.1 Å². The van der Waals surface area contributed by atoms with Gasteiger partial charge < -0.3 is 15.3 Å². The number of rotatable bonds is 5.